The standard InChI is InChI=1S/C17H28N4S/c1-3-5-7-8-9-10-12-22-17-15-16(18-13-19-17)21(14-20-15)11-6-4-2/h13-14H,3-12H2,1-2H3. The summed E-state index contributed by atoms with van der Waals surface area (Å²) in [6.45, 7) is 5.46. The van der Waals surface area contributed by atoms with Crippen LogP contribution in [-0.2, 0) is 6.54 Å². The first kappa shape index (κ1) is 17.3. The molecule has 122 valence electrons. The van der Waals surface area contributed by atoms with Crippen molar-refractivity contribution in [3.63, 3.8) is 0 Å². The number of aromatic nitrogens is 4. The number of fused-ring (bicyclic) bond motifs is 1. The van der Waals surface area contributed by atoms with Gasteiger partial charge in [-0.1, -0.05) is 52.4 Å². The second kappa shape index (κ2) is 9.82. The van der Waals surface area contributed by atoms with Crippen molar-refractivity contribution < 1.29 is 0 Å². The highest BCUT2D eigenvalue weighted by atomic mass is 32.2. The van der Waals surface area contributed by atoms with Crippen LogP contribution in [0.15, 0.2) is 17.7 Å². The first-order chi connectivity index (χ1) is 10.9. The smallest absolute Gasteiger partial charge is 0.164 e. The van der Waals surface area contributed by atoms with Gasteiger partial charge in [0.1, 0.15) is 16.9 Å². The van der Waals surface area contributed by atoms with Gasteiger partial charge < -0.3 is 4.57 Å². The van der Waals surface area contributed by atoms with Gasteiger partial charge in [0.05, 0.1) is 6.33 Å². The van der Waals surface area contributed by atoms with Gasteiger partial charge in [0.15, 0.2) is 5.65 Å². The minimum absolute atomic E-state index is 0.967. The van der Waals surface area contributed by atoms with E-state index in [0.29, 0.717) is 0 Å². The lowest BCUT2D eigenvalue weighted by atomic mass is 10.1. The largest absolute Gasteiger partial charge is 0.315 e. The van der Waals surface area contributed by atoms with Crippen LogP contribution >= 0.6 is 11.8 Å². The molecule has 4 nitrogen and oxygen atoms in total. The van der Waals surface area contributed by atoms with Gasteiger partial charge in [-0.15, -0.1) is 11.8 Å². The van der Waals surface area contributed by atoms with E-state index in [0.717, 1.165) is 34.9 Å². The maximum absolute atomic E-state index is 4.53. The molecule has 0 amide bonds. The number of aryl methyl sites for hydroxylation is 1. The molecule has 0 radical (unpaired) electrons. The molecule has 0 aliphatic heterocycles. The van der Waals surface area contributed by atoms with Crippen molar-refractivity contribution in [1.29, 1.82) is 0 Å². The van der Waals surface area contributed by atoms with E-state index in [2.05, 4.69) is 33.4 Å². The van der Waals surface area contributed by atoms with E-state index in [4.69, 9.17) is 0 Å². The molecule has 0 bridgehead atoms. The zero-order chi connectivity index (χ0) is 15.6. The number of thioether (sulfide) groups is 1. The number of unbranched alkanes of at least 4 members (excludes halogenated alkanes) is 6. The number of hydrogen-bond acceptors (Lipinski definition) is 4. The predicted molar refractivity (Wildman–Crippen MR) is 94.3 cm³/mol. The molecular formula is C17H28N4S. The van der Waals surface area contributed by atoms with E-state index in [1.165, 1.54) is 44.9 Å². The Labute approximate surface area is 138 Å². The van der Waals surface area contributed by atoms with Crippen molar-refractivity contribution >= 4 is 22.9 Å². The molecule has 0 fully saturated rings. The van der Waals surface area contributed by atoms with Crippen LogP contribution in [0.3, 0.4) is 0 Å². The molecule has 5 heteroatoms. The molecule has 0 saturated heterocycles. The third-order valence-electron chi connectivity index (χ3n) is 3.86. The monoisotopic (exact) mass is 320 g/mol. The highest BCUT2D eigenvalue weighted by Gasteiger charge is 2.10. The first-order valence-electron chi connectivity index (χ1n) is 8.65. The molecule has 0 aromatic carbocycles. The molecule has 2 heterocycles. The molecule has 0 aliphatic carbocycles. The van der Waals surface area contributed by atoms with Crippen molar-refractivity contribution in [3.05, 3.63) is 12.7 Å². The van der Waals surface area contributed by atoms with E-state index in [9.17, 15) is 0 Å². The van der Waals surface area contributed by atoms with Crippen LogP contribution in [0.4, 0.5) is 0 Å². The third kappa shape index (κ3) is 4.97. The van der Waals surface area contributed by atoms with Gasteiger partial charge in [-0.25, -0.2) is 15.0 Å². The fourth-order valence-corrected chi connectivity index (χ4v) is 3.45. The molecule has 22 heavy (non-hydrogen) atoms. The summed E-state index contributed by atoms with van der Waals surface area (Å²) in [5, 5.41) is 1.04. The van der Waals surface area contributed by atoms with Gasteiger partial charge in [-0.3, -0.25) is 0 Å². The Hall–Kier alpha value is -1.10. The Balaban J connectivity index is 1.85. The Morgan fingerprint density at radius 2 is 1.68 bits per heavy atom. The lowest BCUT2D eigenvalue weighted by molar-refractivity contribution is 0.627. The average Bonchev–Trinajstić information content (AvgIpc) is 2.96. The normalized spacial score (nSPS) is 11.4. The Bertz CT molecular complexity index is 553. The van der Waals surface area contributed by atoms with Crippen LogP contribution in [0.1, 0.15) is 65.2 Å². The first-order valence-corrected chi connectivity index (χ1v) is 9.64. The van der Waals surface area contributed by atoms with E-state index < -0.39 is 0 Å². The van der Waals surface area contributed by atoms with Crippen molar-refractivity contribution in [1.82, 2.24) is 19.5 Å². The van der Waals surface area contributed by atoms with Crippen LogP contribution in [-0.4, -0.2) is 25.3 Å². The van der Waals surface area contributed by atoms with Gasteiger partial charge >= 0.3 is 0 Å². The Morgan fingerprint density at radius 1 is 0.909 bits per heavy atom. The molecular weight excluding hydrogens is 292 g/mol. The minimum Gasteiger partial charge on any atom is -0.315 e. The third-order valence-corrected chi connectivity index (χ3v) is 4.92. The number of nitrogens with zero attached hydrogens (tertiary/aromatic N) is 4. The summed E-state index contributed by atoms with van der Waals surface area (Å²) in [5.74, 6) is 1.13. The summed E-state index contributed by atoms with van der Waals surface area (Å²) >= 11 is 1.82. The van der Waals surface area contributed by atoms with Gasteiger partial charge in [0.2, 0.25) is 0 Å². The van der Waals surface area contributed by atoms with Gasteiger partial charge in [0.25, 0.3) is 0 Å². The Morgan fingerprint density at radius 3 is 2.50 bits per heavy atom. The highest BCUT2D eigenvalue weighted by molar-refractivity contribution is 7.99. The summed E-state index contributed by atoms with van der Waals surface area (Å²) in [5.41, 5.74) is 1.95. The van der Waals surface area contributed by atoms with Crippen molar-refractivity contribution in [3.8, 4) is 0 Å². The fraction of sp³-hybridized carbons (Fsp3) is 0.706. The molecule has 0 unspecified atom stereocenters. The zero-order valence-corrected chi connectivity index (χ0v) is 14.7. The van der Waals surface area contributed by atoms with E-state index in [1.807, 2.05) is 18.1 Å². The maximum atomic E-state index is 4.53. The molecule has 0 atom stereocenters. The molecule has 2 aromatic rings. The SMILES string of the molecule is CCCCCCCCSc1ncnc2c1ncn2CCCC. The van der Waals surface area contributed by atoms with E-state index in [1.54, 1.807) is 6.33 Å². The average molecular weight is 321 g/mol. The minimum atomic E-state index is 0.967. The molecule has 0 aliphatic rings. The molecule has 2 aromatic heterocycles. The summed E-state index contributed by atoms with van der Waals surface area (Å²) in [7, 11) is 0. The lowest BCUT2D eigenvalue weighted by Gasteiger charge is -2.04. The van der Waals surface area contributed by atoms with Crippen molar-refractivity contribution in [2.45, 2.75) is 76.8 Å². The highest BCUT2D eigenvalue weighted by Crippen LogP contribution is 2.24. The Kier molecular flexibility index (Phi) is 7.71. The second-order valence-electron chi connectivity index (χ2n) is 5.76. The quantitative estimate of drug-likeness (QED) is 0.329. The molecule has 2 rings (SSSR count). The summed E-state index contributed by atoms with van der Waals surface area (Å²) in [4.78, 5) is 13.4. The van der Waals surface area contributed by atoms with Crippen LogP contribution in [0.5, 0.6) is 0 Å². The van der Waals surface area contributed by atoms with Crippen LogP contribution in [0.2, 0.25) is 0 Å². The van der Waals surface area contributed by atoms with E-state index >= 15 is 0 Å². The summed E-state index contributed by atoms with van der Waals surface area (Å²) in [6.07, 6.45) is 13.9. The maximum Gasteiger partial charge on any atom is 0.164 e. The van der Waals surface area contributed by atoms with E-state index in [-0.39, 0.29) is 0 Å². The van der Waals surface area contributed by atoms with Crippen LogP contribution in [0, 0.1) is 0 Å². The lowest BCUT2D eigenvalue weighted by Crippen LogP contribution is -1.97. The van der Waals surface area contributed by atoms with Gasteiger partial charge in [-0.05, 0) is 18.6 Å². The second-order valence-corrected chi connectivity index (χ2v) is 6.84. The summed E-state index contributed by atoms with van der Waals surface area (Å²) < 4.78 is 2.15. The van der Waals surface area contributed by atoms with Crippen molar-refractivity contribution in [2.75, 3.05) is 5.75 Å². The number of hydrogen-bond donors (Lipinski definition) is 0. The number of imidazole rings is 1. The van der Waals surface area contributed by atoms with Crippen LogP contribution < -0.4 is 0 Å². The molecule has 0 spiro atoms. The van der Waals surface area contributed by atoms with Crippen molar-refractivity contribution in [2.24, 2.45) is 0 Å². The predicted octanol–water partition coefficient (Wildman–Crippen LogP) is 5.08. The molecule has 0 N–H and O–H groups in total. The topological polar surface area (TPSA) is 43.6 Å². The van der Waals surface area contributed by atoms with Gasteiger partial charge in [0, 0.05) is 6.54 Å². The number of rotatable bonds is 11. The zero-order valence-electron chi connectivity index (χ0n) is 13.9. The van der Waals surface area contributed by atoms with Crippen LogP contribution in [0.25, 0.3) is 11.2 Å². The van der Waals surface area contributed by atoms with Gasteiger partial charge in [-0.2, -0.15) is 0 Å². The fourth-order valence-electron chi connectivity index (χ4n) is 2.51. The summed E-state index contributed by atoms with van der Waals surface area (Å²) in [6, 6.07) is 0. The molecule has 0 saturated carbocycles.